The second-order valence-electron chi connectivity index (χ2n) is 8.22. The van der Waals surface area contributed by atoms with Crippen molar-refractivity contribution in [3.8, 4) is 0 Å². The zero-order valence-electron chi connectivity index (χ0n) is 18.8. The first-order chi connectivity index (χ1) is 16.5. The summed E-state index contributed by atoms with van der Waals surface area (Å²) in [5, 5.41) is 17.8. The lowest BCUT2D eigenvalue weighted by atomic mass is 9.94. The Morgan fingerprint density at radius 2 is 1.88 bits per heavy atom. The Labute approximate surface area is 196 Å². The van der Waals surface area contributed by atoms with Gasteiger partial charge in [-0.3, -0.25) is 19.5 Å². The smallest absolute Gasteiger partial charge is 0.269 e. The van der Waals surface area contributed by atoms with Crippen molar-refractivity contribution in [1.29, 1.82) is 0 Å². The molecule has 0 saturated carbocycles. The molecule has 1 amide bonds. The molecule has 0 aliphatic carbocycles. The number of hydrogen-bond acceptors (Lipinski definition) is 5. The van der Waals surface area contributed by atoms with Crippen LogP contribution in [-0.2, 0) is 11.2 Å². The molecule has 4 aromatic rings. The Hall–Kier alpha value is -4.46. The molecule has 1 aromatic heterocycles. The highest BCUT2D eigenvalue weighted by molar-refractivity contribution is 6.06. The van der Waals surface area contributed by atoms with Crippen LogP contribution < -0.4 is 10.6 Å². The highest BCUT2D eigenvalue weighted by Gasteiger charge is 2.34. The van der Waals surface area contributed by atoms with Gasteiger partial charge in [0.1, 0.15) is 0 Å². The summed E-state index contributed by atoms with van der Waals surface area (Å²) in [6.45, 7) is 3.90. The van der Waals surface area contributed by atoms with E-state index in [0.717, 1.165) is 17.5 Å². The summed E-state index contributed by atoms with van der Waals surface area (Å²) in [7, 11) is 0. The summed E-state index contributed by atoms with van der Waals surface area (Å²) in [6, 6.07) is 21.2. The van der Waals surface area contributed by atoms with Gasteiger partial charge >= 0.3 is 0 Å². The van der Waals surface area contributed by atoms with Crippen molar-refractivity contribution >= 4 is 34.3 Å². The molecule has 1 aliphatic rings. The fourth-order valence-corrected chi connectivity index (χ4v) is 4.40. The van der Waals surface area contributed by atoms with Crippen LogP contribution in [0.25, 0.3) is 11.0 Å². The fourth-order valence-electron chi connectivity index (χ4n) is 4.40. The Bertz CT molecular complexity index is 1450. The van der Waals surface area contributed by atoms with Gasteiger partial charge in [0.15, 0.2) is 0 Å². The quantitative estimate of drug-likeness (QED) is 0.310. The number of benzene rings is 3. The van der Waals surface area contributed by atoms with E-state index in [2.05, 4.69) is 22.5 Å². The molecule has 1 atom stereocenters. The summed E-state index contributed by atoms with van der Waals surface area (Å²) in [5.41, 5.74) is 5.16. The van der Waals surface area contributed by atoms with Crippen molar-refractivity contribution in [3.63, 3.8) is 0 Å². The van der Waals surface area contributed by atoms with Crippen molar-refractivity contribution in [3.05, 3.63) is 105 Å². The molecule has 2 heterocycles. The van der Waals surface area contributed by atoms with Gasteiger partial charge in [-0.2, -0.15) is 0 Å². The number of nitrogens with zero attached hydrogens (tertiary/aromatic N) is 3. The molecular weight excluding hydrogens is 430 g/mol. The summed E-state index contributed by atoms with van der Waals surface area (Å²) in [4.78, 5) is 29.4. The largest absolute Gasteiger partial charge is 0.329 e. The van der Waals surface area contributed by atoms with Gasteiger partial charge in [0.25, 0.3) is 11.6 Å². The van der Waals surface area contributed by atoms with Crippen molar-refractivity contribution < 1.29 is 9.72 Å². The number of imidazole rings is 1. The number of carbonyl (C=O) groups excluding carboxylic acids is 1. The highest BCUT2D eigenvalue weighted by atomic mass is 16.6. The molecule has 34 heavy (non-hydrogen) atoms. The second kappa shape index (κ2) is 8.47. The standard InChI is InChI=1S/C26H23N5O3/c1-3-17-11-13-19(14-12-17)28-25(32)23-16(2)27-26-29-21-9-4-5-10-22(21)30(26)24(23)18-7-6-8-20(15-18)31(33)34/h4-15,24H,3H2,1-2H3,(H,27,29)(H,28,32)/t24-/m0/s1. The molecule has 0 fully saturated rings. The number of carbonyl (C=O) groups is 1. The molecular formula is C26H23N5O3. The number of para-hydroxylation sites is 2. The molecule has 8 heteroatoms. The SMILES string of the molecule is CCc1ccc(NC(=O)C2=C(C)Nc3nc4ccccc4n3[C@H]2c2cccc([N+](=O)[O-])c2)cc1. The van der Waals surface area contributed by atoms with Gasteiger partial charge in [0.05, 0.1) is 27.6 Å². The zero-order valence-corrected chi connectivity index (χ0v) is 18.8. The number of rotatable bonds is 5. The van der Waals surface area contributed by atoms with Gasteiger partial charge in [-0.1, -0.05) is 43.3 Å². The van der Waals surface area contributed by atoms with E-state index in [4.69, 9.17) is 0 Å². The van der Waals surface area contributed by atoms with Gasteiger partial charge in [-0.25, -0.2) is 4.98 Å². The van der Waals surface area contributed by atoms with E-state index >= 15 is 0 Å². The summed E-state index contributed by atoms with van der Waals surface area (Å²) in [5.74, 6) is 0.299. The van der Waals surface area contributed by atoms with Crippen LogP contribution in [0.15, 0.2) is 84.1 Å². The number of nitro groups is 1. The van der Waals surface area contributed by atoms with Crippen LogP contribution in [0.1, 0.15) is 31.0 Å². The normalized spacial score (nSPS) is 15.1. The van der Waals surface area contributed by atoms with Crippen molar-refractivity contribution in [1.82, 2.24) is 9.55 Å². The molecule has 170 valence electrons. The molecule has 2 N–H and O–H groups in total. The van der Waals surface area contributed by atoms with Crippen LogP contribution in [0.5, 0.6) is 0 Å². The average molecular weight is 454 g/mol. The lowest BCUT2D eigenvalue weighted by Crippen LogP contribution is -2.31. The number of fused-ring (bicyclic) bond motifs is 3. The van der Waals surface area contributed by atoms with Crippen LogP contribution >= 0.6 is 0 Å². The molecule has 0 bridgehead atoms. The number of anilines is 2. The first-order valence-corrected chi connectivity index (χ1v) is 11.1. The van der Waals surface area contributed by atoms with E-state index in [1.807, 2.05) is 60.0 Å². The maximum absolute atomic E-state index is 13.6. The third-order valence-corrected chi connectivity index (χ3v) is 6.09. The van der Waals surface area contributed by atoms with Gasteiger partial charge in [0, 0.05) is 23.5 Å². The van der Waals surface area contributed by atoms with E-state index in [-0.39, 0.29) is 11.6 Å². The molecule has 0 saturated heterocycles. The topological polar surface area (TPSA) is 102 Å². The van der Waals surface area contributed by atoms with E-state index < -0.39 is 11.0 Å². The van der Waals surface area contributed by atoms with Gasteiger partial charge in [-0.05, 0) is 48.7 Å². The van der Waals surface area contributed by atoms with E-state index in [1.54, 1.807) is 12.1 Å². The Balaban J connectivity index is 1.65. The van der Waals surface area contributed by atoms with Crippen molar-refractivity contribution in [2.45, 2.75) is 26.3 Å². The number of nitrogens with one attached hydrogen (secondary N) is 2. The maximum atomic E-state index is 13.6. The van der Waals surface area contributed by atoms with Crippen LogP contribution in [0, 0.1) is 10.1 Å². The minimum absolute atomic E-state index is 0.0328. The Kier molecular flexibility index (Phi) is 5.33. The predicted octanol–water partition coefficient (Wildman–Crippen LogP) is 5.43. The summed E-state index contributed by atoms with van der Waals surface area (Å²) in [6.07, 6.45) is 0.910. The Morgan fingerprint density at radius 1 is 1.12 bits per heavy atom. The van der Waals surface area contributed by atoms with Crippen LogP contribution in [0.3, 0.4) is 0 Å². The number of allylic oxidation sites excluding steroid dienone is 1. The number of non-ortho nitro benzene ring substituents is 1. The minimum Gasteiger partial charge on any atom is -0.329 e. The number of nitro benzene ring substituents is 1. The first kappa shape index (κ1) is 21.4. The molecule has 1 aliphatic heterocycles. The lowest BCUT2D eigenvalue weighted by Gasteiger charge is -2.30. The molecule has 3 aromatic carbocycles. The predicted molar refractivity (Wildman–Crippen MR) is 132 cm³/mol. The second-order valence-corrected chi connectivity index (χ2v) is 8.22. The van der Waals surface area contributed by atoms with E-state index in [1.165, 1.54) is 17.7 Å². The molecule has 8 nitrogen and oxygen atoms in total. The molecule has 0 radical (unpaired) electrons. The minimum atomic E-state index is -0.599. The number of hydrogen-bond donors (Lipinski definition) is 2. The van der Waals surface area contributed by atoms with Gasteiger partial charge in [0.2, 0.25) is 5.95 Å². The molecule has 0 spiro atoms. The number of amides is 1. The van der Waals surface area contributed by atoms with Crippen LogP contribution in [-0.4, -0.2) is 20.4 Å². The number of aromatic nitrogens is 2. The van der Waals surface area contributed by atoms with Crippen molar-refractivity contribution in [2.75, 3.05) is 10.6 Å². The summed E-state index contributed by atoms with van der Waals surface area (Å²) >= 11 is 0. The monoisotopic (exact) mass is 453 g/mol. The van der Waals surface area contributed by atoms with Crippen molar-refractivity contribution in [2.24, 2.45) is 0 Å². The fraction of sp³-hybridized carbons (Fsp3) is 0.154. The third kappa shape index (κ3) is 3.69. The highest BCUT2D eigenvalue weighted by Crippen LogP contribution is 2.40. The zero-order chi connectivity index (χ0) is 23.8. The molecule has 5 rings (SSSR count). The Morgan fingerprint density at radius 3 is 2.62 bits per heavy atom. The summed E-state index contributed by atoms with van der Waals surface area (Å²) < 4.78 is 1.93. The first-order valence-electron chi connectivity index (χ1n) is 11.1. The number of aryl methyl sites for hydroxylation is 1. The van der Waals surface area contributed by atoms with Gasteiger partial charge in [-0.15, -0.1) is 0 Å². The third-order valence-electron chi connectivity index (χ3n) is 6.09. The van der Waals surface area contributed by atoms with Crippen LogP contribution in [0.2, 0.25) is 0 Å². The molecule has 0 unspecified atom stereocenters. The van der Waals surface area contributed by atoms with E-state index in [0.29, 0.717) is 28.5 Å². The maximum Gasteiger partial charge on any atom is 0.269 e. The van der Waals surface area contributed by atoms with Crippen LogP contribution in [0.4, 0.5) is 17.3 Å². The van der Waals surface area contributed by atoms with Gasteiger partial charge < -0.3 is 10.6 Å². The average Bonchev–Trinajstić information content (AvgIpc) is 3.21. The lowest BCUT2D eigenvalue weighted by molar-refractivity contribution is -0.384. The van der Waals surface area contributed by atoms with E-state index in [9.17, 15) is 14.9 Å².